The zero-order valence-electron chi connectivity index (χ0n) is 16.1. The molecule has 0 aliphatic heterocycles. The molecule has 0 spiro atoms. The number of allylic oxidation sites excluding steroid dienone is 1. The van der Waals surface area contributed by atoms with Crippen molar-refractivity contribution >= 4 is 31.5 Å². The summed E-state index contributed by atoms with van der Waals surface area (Å²) in [5.41, 5.74) is -0.380. The van der Waals surface area contributed by atoms with E-state index in [1.807, 2.05) is 0 Å². The monoisotopic (exact) mass is 522 g/mol. The largest absolute Gasteiger partial charge is 0.457 e. The Bertz CT molecular complexity index is 1280. The van der Waals surface area contributed by atoms with Crippen molar-refractivity contribution in [3.63, 3.8) is 0 Å². The summed E-state index contributed by atoms with van der Waals surface area (Å²) in [6, 6.07) is 18.1. The molecule has 0 heterocycles. The van der Waals surface area contributed by atoms with E-state index in [1.165, 1.54) is 48.5 Å². The number of nitrogens with zero attached hydrogens (tertiary/aromatic N) is 1. The van der Waals surface area contributed by atoms with Gasteiger partial charge < -0.3 is 10.1 Å². The molecule has 3 rings (SSSR count). The second kappa shape index (κ2) is 9.46. The highest BCUT2D eigenvalue weighted by atomic mass is 79.9. The van der Waals surface area contributed by atoms with Crippen molar-refractivity contribution in [2.24, 2.45) is 0 Å². The third-order valence-corrected chi connectivity index (χ3v) is 6.35. The molecule has 3 aromatic rings. The number of halogens is 4. The maximum atomic E-state index is 12.8. The van der Waals surface area contributed by atoms with Gasteiger partial charge in [0.1, 0.15) is 17.6 Å². The number of rotatable bonds is 6. The van der Waals surface area contributed by atoms with E-state index in [9.17, 15) is 26.9 Å². The zero-order valence-corrected chi connectivity index (χ0v) is 18.5. The molecule has 0 unspecified atom stereocenters. The van der Waals surface area contributed by atoms with Crippen molar-refractivity contribution in [2.75, 3.05) is 5.32 Å². The van der Waals surface area contributed by atoms with Gasteiger partial charge in [0, 0.05) is 16.4 Å². The fourth-order valence-electron chi connectivity index (χ4n) is 2.55. The van der Waals surface area contributed by atoms with Crippen molar-refractivity contribution in [1.29, 1.82) is 5.26 Å². The minimum Gasteiger partial charge on any atom is -0.457 e. The summed E-state index contributed by atoms with van der Waals surface area (Å²) in [7, 11) is -4.00. The fraction of sp³-hybridized carbons (Fsp3) is 0.0455. The molecule has 0 bridgehead atoms. The molecule has 0 radical (unpaired) electrons. The average molecular weight is 523 g/mol. The van der Waals surface area contributed by atoms with Gasteiger partial charge in [-0.05, 0) is 66.7 Å². The van der Waals surface area contributed by atoms with Crippen LogP contribution in [0.3, 0.4) is 0 Å². The quantitative estimate of drug-likeness (QED) is 0.373. The fourth-order valence-corrected chi connectivity index (χ4v) is 3.90. The standard InChI is InChI=1S/C22H14BrF3N2O3S/c23-16-4-10-20(11-5-16)32(29,30)21(13-27)14-28-17-6-8-18(9-7-17)31-19-3-1-2-15(12-19)22(24,25)26/h1-12,14,28H/b21-14-. The van der Waals surface area contributed by atoms with E-state index in [0.29, 0.717) is 10.2 Å². The van der Waals surface area contributed by atoms with Gasteiger partial charge in [-0.1, -0.05) is 22.0 Å². The van der Waals surface area contributed by atoms with Gasteiger partial charge in [-0.3, -0.25) is 0 Å². The van der Waals surface area contributed by atoms with Crippen molar-refractivity contribution in [1.82, 2.24) is 0 Å². The lowest BCUT2D eigenvalue weighted by atomic mass is 10.2. The summed E-state index contributed by atoms with van der Waals surface area (Å²) in [5, 5.41) is 12.0. The van der Waals surface area contributed by atoms with Crippen LogP contribution in [0.2, 0.25) is 0 Å². The number of ether oxygens (including phenoxy) is 1. The van der Waals surface area contributed by atoms with Crippen LogP contribution >= 0.6 is 15.9 Å². The summed E-state index contributed by atoms with van der Waals surface area (Å²) in [6.45, 7) is 0. The lowest BCUT2D eigenvalue weighted by Gasteiger charge is -2.10. The van der Waals surface area contributed by atoms with E-state index >= 15 is 0 Å². The van der Waals surface area contributed by atoms with E-state index in [-0.39, 0.29) is 16.4 Å². The Morgan fingerprint density at radius 2 is 1.66 bits per heavy atom. The number of anilines is 1. The van der Waals surface area contributed by atoms with Crippen LogP contribution in [0.15, 0.2) is 93.3 Å². The normalized spacial score (nSPS) is 12.2. The molecule has 3 aromatic carbocycles. The third kappa shape index (κ3) is 5.69. The van der Waals surface area contributed by atoms with Crippen LogP contribution in [0.5, 0.6) is 11.5 Å². The molecule has 0 atom stereocenters. The number of alkyl halides is 3. The Morgan fingerprint density at radius 3 is 2.25 bits per heavy atom. The molecule has 5 nitrogen and oxygen atoms in total. The van der Waals surface area contributed by atoms with Crippen LogP contribution in [-0.2, 0) is 16.0 Å². The predicted molar refractivity (Wildman–Crippen MR) is 117 cm³/mol. The molecule has 0 saturated carbocycles. The van der Waals surface area contributed by atoms with Gasteiger partial charge in [-0.2, -0.15) is 18.4 Å². The maximum absolute atomic E-state index is 12.8. The van der Waals surface area contributed by atoms with Crippen LogP contribution in [0.4, 0.5) is 18.9 Å². The topological polar surface area (TPSA) is 79.2 Å². The summed E-state index contributed by atoms with van der Waals surface area (Å²) < 4.78 is 69.8. The van der Waals surface area contributed by atoms with Crippen LogP contribution in [-0.4, -0.2) is 8.42 Å². The summed E-state index contributed by atoms with van der Waals surface area (Å²) in [6.07, 6.45) is -3.41. The van der Waals surface area contributed by atoms with E-state index in [0.717, 1.165) is 18.3 Å². The Labute approximate surface area is 190 Å². The van der Waals surface area contributed by atoms with Crippen molar-refractivity contribution in [3.05, 3.63) is 93.9 Å². The van der Waals surface area contributed by atoms with Gasteiger partial charge >= 0.3 is 6.18 Å². The van der Waals surface area contributed by atoms with Gasteiger partial charge in [0.05, 0.1) is 10.5 Å². The van der Waals surface area contributed by atoms with Crippen molar-refractivity contribution in [3.8, 4) is 17.6 Å². The van der Waals surface area contributed by atoms with Gasteiger partial charge in [0.2, 0.25) is 9.84 Å². The molecule has 0 fully saturated rings. The van der Waals surface area contributed by atoms with Crippen LogP contribution < -0.4 is 10.1 Å². The summed E-state index contributed by atoms with van der Waals surface area (Å²) in [5.74, 6) is 0.301. The first-order valence-electron chi connectivity index (χ1n) is 8.92. The molecule has 32 heavy (non-hydrogen) atoms. The lowest BCUT2D eigenvalue weighted by molar-refractivity contribution is -0.137. The predicted octanol–water partition coefficient (Wildman–Crippen LogP) is 6.51. The van der Waals surface area contributed by atoms with Crippen LogP contribution in [0.1, 0.15) is 5.56 Å². The Morgan fingerprint density at radius 1 is 1.00 bits per heavy atom. The maximum Gasteiger partial charge on any atom is 0.416 e. The molecule has 0 saturated heterocycles. The van der Waals surface area contributed by atoms with Crippen molar-refractivity contribution < 1.29 is 26.3 Å². The van der Waals surface area contributed by atoms with Gasteiger partial charge in [0.15, 0.2) is 4.91 Å². The molecule has 0 aliphatic carbocycles. The number of hydrogen-bond acceptors (Lipinski definition) is 5. The zero-order chi connectivity index (χ0) is 23.4. The highest BCUT2D eigenvalue weighted by Crippen LogP contribution is 2.33. The SMILES string of the molecule is N#C/C(=C/Nc1ccc(Oc2cccc(C(F)(F)F)c2)cc1)S(=O)(=O)c1ccc(Br)cc1. The van der Waals surface area contributed by atoms with Crippen molar-refractivity contribution in [2.45, 2.75) is 11.1 Å². The Hall–Kier alpha value is -3.29. The van der Waals surface area contributed by atoms with E-state index < -0.39 is 26.5 Å². The number of nitriles is 1. The molecule has 164 valence electrons. The molecular weight excluding hydrogens is 509 g/mol. The third-order valence-electron chi connectivity index (χ3n) is 4.14. The number of nitrogens with one attached hydrogen (secondary N) is 1. The highest BCUT2D eigenvalue weighted by Gasteiger charge is 2.30. The van der Waals surface area contributed by atoms with E-state index in [1.54, 1.807) is 18.2 Å². The lowest BCUT2D eigenvalue weighted by Crippen LogP contribution is -2.05. The smallest absolute Gasteiger partial charge is 0.416 e. The number of sulfone groups is 1. The Balaban J connectivity index is 1.73. The minimum atomic E-state index is -4.48. The van der Waals surface area contributed by atoms with E-state index in [2.05, 4.69) is 21.2 Å². The van der Waals surface area contributed by atoms with Gasteiger partial charge in [0.25, 0.3) is 0 Å². The molecule has 0 aromatic heterocycles. The number of hydrogen-bond donors (Lipinski definition) is 1. The summed E-state index contributed by atoms with van der Waals surface area (Å²) >= 11 is 3.22. The minimum absolute atomic E-state index is 0.0211. The molecule has 0 amide bonds. The first-order valence-corrected chi connectivity index (χ1v) is 11.2. The summed E-state index contributed by atoms with van der Waals surface area (Å²) in [4.78, 5) is -0.510. The molecular formula is C22H14BrF3N2O3S. The second-order valence-corrected chi connectivity index (χ2v) is 9.21. The molecule has 10 heteroatoms. The first-order chi connectivity index (χ1) is 15.1. The van der Waals surface area contributed by atoms with Crippen LogP contribution in [0, 0.1) is 11.3 Å². The van der Waals surface area contributed by atoms with Gasteiger partial charge in [-0.25, -0.2) is 8.42 Å². The van der Waals surface area contributed by atoms with Crippen LogP contribution in [0.25, 0.3) is 0 Å². The first kappa shape index (κ1) is 23.4. The molecule has 1 N–H and O–H groups in total. The van der Waals surface area contributed by atoms with Gasteiger partial charge in [-0.15, -0.1) is 0 Å². The molecule has 0 aliphatic rings. The Kier molecular flexibility index (Phi) is 6.91. The average Bonchev–Trinajstić information content (AvgIpc) is 2.75. The van der Waals surface area contributed by atoms with E-state index in [4.69, 9.17) is 4.74 Å². The number of benzene rings is 3. The highest BCUT2D eigenvalue weighted by molar-refractivity contribution is 9.10. The second-order valence-electron chi connectivity index (χ2n) is 6.37.